The highest BCUT2D eigenvalue weighted by Crippen LogP contribution is 2.25. The van der Waals surface area contributed by atoms with E-state index in [1.807, 2.05) is 0 Å². The molecule has 0 spiro atoms. The molecule has 2 heteroatoms. The Morgan fingerprint density at radius 1 is 0.429 bits per heavy atom. The number of hydrogen-bond donors (Lipinski definition) is 0. The quantitative estimate of drug-likeness (QED) is 0.0835. The van der Waals surface area contributed by atoms with Crippen molar-refractivity contribution in [3.05, 3.63) is 48.3 Å². The molecule has 0 N–H and O–H groups in total. The lowest BCUT2D eigenvalue weighted by Gasteiger charge is -2.33. The standard InChI is InChI=1S/C40H72N2/c1-3-5-7-9-11-13-15-16-17-18-19-21-23-25-30-34-40-41(36-37-42(40)38-39-32-28-27-29-33-39)35-31-26-24-22-20-14-12-10-8-6-4-2/h27-29,32-33,36-37,40H,3-26,30-31,34-35,38H2,1-2H3. The fourth-order valence-electron chi connectivity index (χ4n) is 6.72. The molecule has 1 unspecified atom stereocenters. The van der Waals surface area contributed by atoms with Crippen molar-refractivity contribution in [2.75, 3.05) is 6.54 Å². The summed E-state index contributed by atoms with van der Waals surface area (Å²) in [6, 6.07) is 11.1. The summed E-state index contributed by atoms with van der Waals surface area (Å²) in [5.41, 5.74) is 1.43. The zero-order valence-electron chi connectivity index (χ0n) is 28.5. The van der Waals surface area contributed by atoms with Gasteiger partial charge in [0.25, 0.3) is 0 Å². The molecule has 0 saturated heterocycles. The molecular formula is C40H72N2. The van der Waals surface area contributed by atoms with Crippen LogP contribution in [0.2, 0.25) is 0 Å². The first-order valence-electron chi connectivity index (χ1n) is 19.1. The third kappa shape index (κ3) is 19.0. The van der Waals surface area contributed by atoms with Crippen molar-refractivity contribution >= 4 is 0 Å². The lowest BCUT2D eigenvalue weighted by Crippen LogP contribution is -2.38. The minimum Gasteiger partial charge on any atom is -0.356 e. The molecule has 0 radical (unpaired) electrons. The fraction of sp³-hybridized carbons (Fsp3) is 0.800. The minimum absolute atomic E-state index is 0.551. The fourth-order valence-corrected chi connectivity index (χ4v) is 6.72. The summed E-state index contributed by atoms with van der Waals surface area (Å²) in [4.78, 5) is 5.28. The molecule has 0 amide bonds. The van der Waals surface area contributed by atoms with Crippen LogP contribution in [0.15, 0.2) is 42.7 Å². The monoisotopic (exact) mass is 581 g/mol. The Balaban J connectivity index is 1.55. The maximum absolute atomic E-state index is 2.67. The van der Waals surface area contributed by atoms with Gasteiger partial charge in [-0.25, -0.2) is 0 Å². The zero-order valence-corrected chi connectivity index (χ0v) is 28.5. The molecule has 1 aromatic carbocycles. The Labute approximate surface area is 264 Å². The molecule has 2 nitrogen and oxygen atoms in total. The Morgan fingerprint density at radius 2 is 0.810 bits per heavy atom. The molecule has 0 fully saturated rings. The lowest BCUT2D eigenvalue weighted by atomic mass is 10.0. The highest BCUT2D eigenvalue weighted by Gasteiger charge is 2.25. The van der Waals surface area contributed by atoms with Crippen LogP contribution >= 0.6 is 0 Å². The molecule has 1 aliphatic rings. The summed E-state index contributed by atoms with van der Waals surface area (Å²) in [7, 11) is 0. The average molecular weight is 581 g/mol. The van der Waals surface area contributed by atoms with Gasteiger partial charge in [-0.2, -0.15) is 0 Å². The van der Waals surface area contributed by atoms with E-state index in [9.17, 15) is 0 Å². The Kier molecular flexibility index (Phi) is 23.7. The van der Waals surface area contributed by atoms with Gasteiger partial charge >= 0.3 is 0 Å². The van der Waals surface area contributed by atoms with Gasteiger partial charge in [-0.3, -0.25) is 0 Å². The van der Waals surface area contributed by atoms with Gasteiger partial charge in [0.2, 0.25) is 0 Å². The van der Waals surface area contributed by atoms with E-state index in [4.69, 9.17) is 0 Å². The zero-order chi connectivity index (χ0) is 29.8. The predicted octanol–water partition coefficient (Wildman–Crippen LogP) is 13.2. The van der Waals surface area contributed by atoms with E-state index < -0.39 is 0 Å². The topological polar surface area (TPSA) is 6.48 Å². The SMILES string of the molecule is CCCCCCCCCCCCCCCCCC1N(CCCCCCCCCCCCC)C=CN1Cc1ccccc1. The summed E-state index contributed by atoms with van der Waals surface area (Å²) in [6.45, 7) is 6.88. The van der Waals surface area contributed by atoms with Crippen molar-refractivity contribution < 1.29 is 0 Å². The second-order valence-electron chi connectivity index (χ2n) is 13.4. The van der Waals surface area contributed by atoms with Crippen molar-refractivity contribution in [2.24, 2.45) is 0 Å². The largest absolute Gasteiger partial charge is 0.356 e. The Morgan fingerprint density at radius 3 is 1.26 bits per heavy atom. The molecule has 2 rings (SSSR count). The van der Waals surface area contributed by atoms with E-state index >= 15 is 0 Å². The predicted molar refractivity (Wildman–Crippen MR) is 188 cm³/mol. The Bertz CT molecular complexity index is 714. The maximum Gasteiger partial charge on any atom is 0.101 e. The van der Waals surface area contributed by atoms with Crippen LogP contribution in [0.4, 0.5) is 0 Å². The minimum atomic E-state index is 0.551. The van der Waals surface area contributed by atoms with E-state index in [0.29, 0.717) is 6.17 Å². The molecule has 1 aliphatic heterocycles. The van der Waals surface area contributed by atoms with E-state index in [1.54, 1.807) is 0 Å². The van der Waals surface area contributed by atoms with Crippen LogP contribution in [-0.4, -0.2) is 22.5 Å². The molecule has 0 aliphatic carbocycles. The molecule has 242 valence electrons. The van der Waals surface area contributed by atoms with Gasteiger partial charge in [-0.15, -0.1) is 0 Å². The van der Waals surface area contributed by atoms with Gasteiger partial charge in [-0.05, 0) is 24.8 Å². The average Bonchev–Trinajstić information content (AvgIpc) is 3.39. The first-order chi connectivity index (χ1) is 20.8. The number of benzene rings is 1. The highest BCUT2D eigenvalue weighted by molar-refractivity contribution is 5.16. The summed E-state index contributed by atoms with van der Waals surface area (Å²) >= 11 is 0. The van der Waals surface area contributed by atoms with Crippen LogP contribution in [-0.2, 0) is 6.54 Å². The molecule has 0 saturated carbocycles. The van der Waals surface area contributed by atoms with Crippen LogP contribution in [0.1, 0.15) is 193 Å². The molecule has 1 atom stereocenters. The van der Waals surface area contributed by atoms with Gasteiger partial charge in [-0.1, -0.05) is 198 Å². The van der Waals surface area contributed by atoms with E-state index in [-0.39, 0.29) is 0 Å². The molecule has 0 aromatic heterocycles. The number of hydrogen-bond acceptors (Lipinski definition) is 2. The summed E-state index contributed by atoms with van der Waals surface area (Å²) < 4.78 is 0. The Hall–Kier alpha value is -1.44. The van der Waals surface area contributed by atoms with Crippen LogP contribution in [0.25, 0.3) is 0 Å². The van der Waals surface area contributed by atoms with E-state index in [1.165, 1.54) is 185 Å². The molecule has 0 bridgehead atoms. The van der Waals surface area contributed by atoms with Gasteiger partial charge in [0, 0.05) is 25.5 Å². The van der Waals surface area contributed by atoms with Crippen LogP contribution in [0.3, 0.4) is 0 Å². The van der Waals surface area contributed by atoms with Crippen molar-refractivity contribution in [1.29, 1.82) is 0 Å². The van der Waals surface area contributed by atoms with Crippen LogP contribution < -0.4 is 0 Å². The summed E-state index contributed by atoms with van der Waals surface area (Å²) in [6.07, 6.45) is 43.9. The van der Waals surface area contributed by atoms with Gasteiger partial charge in [0.15, 0.2) is 0 Å². The second-order valence-corrected chi connectivity index (χ2v) is 13.4. The van der Waals surface area contributed by atoms with E-state index in [2.05, 4.69) is 66.4 Å². The summed E-state index contributed by atoms with van der Waals surface area (Å²) in [5.74, 6) is 0. The van der Waals surface area contributed by atoms with Crippen molar-refractivity contribution in [3.8, 4) is 0 Å². The molecular weight excluding hydrogens is 508 g/mol. The van der Waals surface area contributed by atoms with Gasteiger partial charge in [0.1, 0.15) is 6.17 Å². The van der Waals surface area contributed by atoms with Crippen molar-refractivity contribution in [2.45, 2.75) is 200 Å². The lowest BCUT2D eigenvalue weighted by molar-refractivity contribution is 0.132. The molecule has 1 aromatic rings. The van der Waals surface area contributed by atoms with Gasteiger partial charge < -0.3 is 9.80 Å². The molecule has 1 heterocycles. The first-order valence-corrected chi connectivity index (χ1v) is 19.1. The third-order valence-electron chi connectivity index (χ3n) is 9.51. The van der Waals surface area contributed by atoms with E-state index in [0.717, 1.165) is 6.54 Å². The first kappa shape index (κ1) is 36.8. The third-order valence-corrected chi connectivity index (χ3v) is 9.51. The second kappa shape index (κ2) is 27.1. The normalized spacial score (nSPS) is 14.9. The maximum atomic E-state index is 2.67. The molecule has 42 heavy (non-hydrogen) atoms. The van der Waals surface area contributed by atoms with Gasteiger partial charge in [0.05, 0.1) is 0 Å². The summed E-state index contributed by atoms with van der Waals surface area (Å²) in [5, 5.41) is 0. The van der Waals surface area contributed by atoms with Crippen LogP contribution in [0, 0.1) is 0 Å². The number of nitrogens with zero attached hydrogens (tertiary/aromatic N) is 2. The van der Waals surface area contributed by atoms with Crippen molar-refractivity contribution in [1.82, 2.24) is 9.80 Å². The number of rotatable bonds is 30. The number of unbranched alkanes of at least 4 members (excludes halogenated alkanes) is 24. The van der Waals surface area contributed by atoms with Crippen LogP contribution in [0.5, 0.6) is 0 Å². The smallest absolute Gasteiger partial charge is 0.101 e. The highest BCUT2D eigenvalue weighted by atomic mass is 15.4. The van der Waals surface area contributed by atoms with Crippen molar-refractivity contribution in [3.63, 3.8) is 0 Å².